The van der Waals surface area contributed by atoms with E-state index in [0.29, 0.717) is 6.54 Å². The molecule has 16 heavy (non-hydrogen) atoms. The Hall–Kier alpha value is -1.10. The largest absolute Gasteiger partial charge is 0.368 e. The Morgan fingerprint density at radius 1 is 1.38 bits per heavy atom. The average Bonchev–Trinajstić information content (AvgIpc) is 2.75. The van der Waals surface area contributed by atoms with E-state index in [2.05, 4.69) is 5.32 Å². The van der Waals surface area contributed by atoms with E-state index in [-0.39, 0.29) is 18.5 Å². The molecule has 5 heteroatoms. The van der Waals surface area contributed by atoms with Crippen molar-refractivity contribution in [2.24, 2.45) is 5.73 Å². The van der Waals surface area contributed by atoms with Crippen LogP contribution < -0.4 is 11.1 Å². The van der Waals surface area contributed by atoms with E-state index in [1.54, 1.807) is 4.90 Å². The minimum Gasteiger partial charge on any atom is -0.368 e. The van der Waals surface area contributed by atoms with Crippen LogP contribution in [-0.4, -0.2) is 42.4 Å². The first kappa shape index (κ1) is 13.0. The summed E-state index contributed by atoms with van der Waals surface area (Å²) in [5.74, 6) is -0.454. The summed E-state index contributed by atoms with van der Waals surface area (Å²) >= 11 is 0. The summed E-state index contributed by atoms with van der Waals surface area (Å²) in [6.45, 7) is 3.04. The predicted molar refractivity (Wildman–Crippen MR) is 61.7 cm³/mol. The van der Waals surface area contributed by atoms with E-state index in [1.165, 1.54) is 0 Å². The monoisotopic (exact) mass is 227 g/mol. The zero-order valence-electron chi connectivity index (χ0n) is 9.87. The topological polar surface area (TPSA) is 75.4 Å². The zero-order chi connectivity index (χ0) is 12.0. The molecule has 0 spiro atoms. The van der Waals surface area contributed by atoms with Gasteiger partial charge in [-0.15, -0.1) is 0 Å². The Labute approximate surface area is 96.4 Å². The molecular weight excluding hydrogens is 206 g/mol. The highest BCUT2D eigenvalue weighted by Crippen LogP contribution is 2.23. The van der Waals surface area contributed by atoms with Gasteiger partial charge in [-0.2, -0.15) is 0 Å². The lowest BCUT2D eigenvalue weighted by Crippen LogP contribution is -2.47. The third kappa shape index (κ3) is 3.81. The number of likely N-dealkylation sites (N-methyl/N-ethyl adjacent to an activating group) is 1. The van der Waals surface area contributed by atoms with Gasteiger partial charge in [0.15, 0.2) is 0 Å². The van der Waals surface area contributed by atoms with Gasteiger partial charge in [-0.1, -0.05) is 19.8 Å². The first-order valence-electron chi connectivity index (χ1n) is 5.93. The molecule has 92 valence electrons. The van der Waals surface area contributed by atoms with Crippen molar-refractivity contribution in [1.29, 1.82) is 0 Å². The molecule has 2 amide bonds. The van der Waals surface area contributed by atoms with Crippen molar-refractivity contribution in [2.75, 3.05) is 19.6 Å². The molecule has 0 heterocycles. The summed E-state index contributed by atoms with van der Waals surface area (Å²) in [7, 11) is 0. The molecule has 0 radical (unpaired) electrons. The number of amides is 2. The van der Waals surface area contributed by atoms with Gasteiger partial charge in [0.05, 0.1) is 13.1 Å². The van der Waals surface area contributed by atoms with Crippen molar-refractivity contribution in [3.05, 3.63) is 0 Å². The molecule has 1 aliphatic carbocycles. The fraction of sp³-hybridized carbons (Fsp3) is 0.818. The third-order valence-electron chi connectivity index (χ3n) is 2.94. The second-order valence-corrected chi connectivity index (χ2v) is 4.21. The average molecular weight is 227 g/mol. The zero-order valence-corrected chi connectivity index (χ0v) is 9.87. The van der Waals surface area contributed by atoms with Gasteiger partial charge >= 0.3 is 0 Å². The number of nitrogens with one attached hydrogen (secondary N) is 1. The molecule has 0 bridgehead atoms. The minimum absolute atomic E-state index is 0.0208. The maximum atomic E-state index is 11.9. The van der Waals surface area contributed by atoms with Crippen LogP contribution in [0.2, 0.25) is 0 Å². The van der Waals surface area contributed by atoms with Crippen LogP contribution in [0, 0.1) is 0 Å². The SMILES string of the molecule is CCNCC(=O)N(CC(N)=O)C1CCCC1. The van der Waals surface area contributed by atoms with E-state index in [4.69, 9.17) is 5.73 Å². The van der Waals surface area contributed by atoms with Crippen molar-refractivity contribution >= 4 is 11.8 Å². The summed E-state index contributed by atoms with van der Waals surface area (Å²) in [5, 5.41) is 2.98. The van der Waals surface area contributed by atoms with Crippen LogP contribution in [0.3, 0.4) is 0 Å². The maximum Gasteiger partial charge on any atom is 0.237 e. The molecule has 1 fully saturated rings. The Balaban J connectivity index is 2.54. The quantitative estimate of drug-likeness (QED) is 0.662. The highest BCUT2D eigenvalue weighted by atomic mass is 16.2. The number of rotatable bonds is 6. The Morgan fingerprint density at radius 3 is 2.50 bits per heavy atom. The molecule has 5 nitrogen and oxygen atoms in total. The van der Waals surface area contributed by atoms with Gasteiger partial charge in [0.25, 0.3) is 0 Å². The molecule has 0 saturated heterocycles. The van der Waals surface area contributed by atoms with Crippen LogP contribution >= 0.6 is 0 Å². The number of hydrogen-bond acceptors (Lipinski definition) is 3. The van der Waals surface area contributed by atoms with Gasteiger partial charge in [0.2, 0.25) is 11.8 Å². The molecule has 0 atom stereocenters. The van der Waals surface area contributed by atoms with Gasteiger partial charge in [-0.3, -0.25) is 9.59 Å². The molecule has 0 unspecified atom stereocenters. The Morgan fingerprint density at radius 2 is 2.00 bits per heavy atom. The predicted octanol–water partition coefficient (Wildman–Crippen LogP) is -0.148. The van der Waals surface area contributed by atoms with Crippen LogP contribution in [0.4, 0.5) is 0 Å². The van der Waals surface area contributed by atoms with Crippen LogP contribution in [0.25, 0.3) is 0 Å². The fourth-order valence-corrected chi connectivity index (χ4v) is 2.14. The Bertz CT molecular complexity index is 250. The summed E-state index contributed by atoms with van der Waals surface area (Å²) in [4.78, 5) is 24.5. The summed E-state index contributed by atoms with van der Waals surface area (Å²) in [6.07, 6.45) is 4.25. The summed E-state index contributed by atoms with van der Waals surface area (Å²) < 4.78 is 0. The van der Waals surface area contributed by atoms with Gasteiger partial charge in [-0.25, -0.2) is 0 Å². The van der Waals surface area contributed by atoms with Crippen LogP contribution in [0.1, 0.15) is 32.6 Å². The Kier molecular flexibility index (Phi) is 5.25. The van der Waals surface area contributed by atoms with Gasteiger partial charge in [0.1, 0.15) is 0 Å². The van der Waals surface area contributed by atoms with E-state index in [9.17, 15) is 9.59 Å². The standard InChI is InChI=1S/C11H21N3O2/c1-2-13-7-11(16)14(8-10(12)15)9-5-3-4-6-9/h9,13H,2-8H2,1H3,(H2,12,15). The lowest BCUT2D eigenvalue weighted by atomic mass is 10.2. The van der Waals surface area contributed by atoms with Crippen molar-refractivity contribution in [2.45, 2.75) is 38.6 Å². The third-order valence-corrected chi connectivity index (χ3v) is 2.94. The first-order chi connectivity index (χ1) is 7.65. The number of carbonyl (C=O) groups is 2. The lowest BCUT2D eigenvalue weighted by Gasteiger charge is -2.27. The van der Waals surface area contributed by atoms with Crippen molar-refractivity contribution in [3.8, 4) is 0 Å². The van der Waals surface area contributed by atoms with E-state index >= 15 is 0 Å². The van der Waals surface area contributed by atoms with Gasteiger partial charge in [0, 0.05) is 6.04 Å². The number of hydrogen-bond donors (Lipinski definition) is 2. The molecular formula is C11H21N3O2. The molecule has 1 aliphatic rings. The smallest absolute Gasteiger partial charge is 0.237 e. The van der Waals surface area contributed by atoms with Gasteiger partial charge < -0.3 is 16.0 Å². The number of nitrogens with two attached hydrogens (primary N) is 1. The van der Waals surface area contributed by atoms with E-state index in [1.807, 2.05) is 6.92 Å². The molecule has 0 aromatic rings. The number of nitrogens with zero attached hydrogens (tertiary/aromatic N) is 1. The van der Waals surface area contributed by atoms with Crippen LogP contribution in [0.5, 0.6) is 0 Å². The second-order valence-electron chi connectivity index (χ2n) is 4.21. The summed E-state index contributed by atoms with van der Waals surface area (Å²) in [5.41, 5.74) is 5.17. The van der Waals surface area contributed by atoms with Crippen molar-refractivity contribution in [1.82, 2.24) is 10.2 Å². The van der Waals surface area contributed by atoms with Gasteiger partial charge in [-0.05, 0) is 19.4 Å². The highest BCUT2D eigenvalue weighted by Gasteiger charge is 2.27. The van der Waals surface area contributed by atoms with Crippen LogP contribution in [-0.2, 0) is 9.59 Å². The summed E-state index contributed by atoms with van der Waals surface area (Å²) in [6, 6.07) is 0.207. The minimum atomic E-state index is -0.434. The number of primary amides is 1. The highest BCUT2D eigenvalue weighted by molar-refractivity contribution is 5.85. The molecule has 3 N–H and O–H groups in total. The molecule has 1 saturated carbocycles. The van der Waals surface area contributed by atoms with E-state index in [0.717, 1.165) is 32.2 Å². The fourth-order valence-electron chi connectivity index (χ4n) is 2.14. The molecule has 1 rings (SSSR count). The molecule has 0 aliphatic heterocycles. The van der Waals surface area contributed by atoms with Crippen molar-refractivity contribution < 1.29 is 9.59 Å². The first-order valence-corrected chi connectivity index (χ1v) is 5.93. The maximum absolute atomic E-state index is 11.9. The second kappa shape index (κ2) is 6.48. The van der Waals surface area contributed by atoms with Crippen molar-refractivity contribution in [3.63, 3.8) is 0 Å². The van der Waals surface area contributed by atoms with E-state index < -0.39 is 5.91 Å². The number of carbonyl (C=O) groups excluding carboxylic acids is 2. The normalized spacial score (nSPS) is 16.3. The molecule has 0 aromatic carbocycles. The lowest BCUT2D eigenvalue weighted by molar-refractivity contribution is -0.136. The molecule has 0 aromatic heterocycles. The van der Waals surface area contributed by atoms with Crippen LogP contribution in [0.15, 0.2) is 0 Å².